The van der Waals surface area contributed by atoms with Crippen LogP contribution >= 0.6 is 0 Å². The van der Waals surface area contributed by atoms with Crippen LogP contribution in [0.15, 0.2) is 12.4 Å². The summed E-state index contributed by atoms with van der Waals surface area (Å²) in [5.41, 5.74) is 0. The highest BCUT2D eigenvalue weighted by atomic mass is 19.3. The van der Waals surface area contributed by atoms with Gasteiger partial charge in [0, 0.05) is 0 Å². The lowest BCUT2D eigenvalue weighted by Gasteiger charge is -1.99. The van der Waals surface area contributed by atoms with Crippen molar-refractivity contribution in [2.75, 3.05) is 6.61 Å². The van der Waals surface area contributed by atoms with Crippen LogP contribution in [0.4, 0.5) is 13.6 Å². The molecule has 1 heterocycles. The van der Waals surface area contributed by atoms with E-state index < -0.39 is 19.1 Å². The van der Waals surface area contributed by atoms with Crippen LogP contribution in [0.2, 0.25) is 0 Å². The molecule has 0 amide bonds. The molecule has 0 saturated heterocycles. The first-order chi connectivity index (χ1) is 6.09. The second-order valence-corrected chi connectivity index (χ2v) is 2.11. The van der Waals surface area contributed by atoms with Crippen LogP contribution in [0, 0.1) is 0 Å². The minimum atomic E-state index is -2.59. The maximum atomic E-state index is 11.6. The SMILES string of the molecule is O=C(O)n1cc(OCC(F)F)cn1. The number of rotatable bonds is 3. The van der Waals surface area contributed by atoms with Gasteiger partial charge in [0.05, 0.1) is 12.4 Å². The van der Waals surface area contributed by atoms with Gasteiger partial charge in [0.15, 0.2) is 5.75 Å². The molecule has 0 aromatic carbocycles. The fourth-order valence-electron chi connectivity index (χ4n) is 0.645. The molecule has 1 rings (SSSR count). The maximum Gasteiger partial charge on any atom is 0.432 e. The predicted molar refractivity (Wildman–Crippen MR) is 37.1 cm³/mol. The van der Waals surface area contributed by atoms with Crippen LogP contribution in [0.3, 0.4) is 0 Å². The molecule has 1 aromatic heterocycles. The normalized spacial score (nSPS) is 10.4. The summed E-state index contributed by atoms with van der Waals surface area (Å²) in [7, 11) is 0. The molecular formula is C6H6F2N2O3. The highest BCUT2D eigenvalue weighted by molar-refractivity contribution is 5.66. The lowest BCUT2D eigenvalue weighted by atomic mass is 10.6. The van der Waals surface area contributed by atoms with E-state index in [1.165, 1.54) is 0 Å². The summed E-state index contributed by atoms with van der Waals surface area (Å²) in [5.74, 6) is 0.00250. The van der Waals surface area contributed by atoms with Gasteiger partial charge in [0.1, 0.15) is 6.61 Å². The molecule has 72 valence electrons. The molecule has 0 fully saturated rings. The van der Waals surface area contributed by atoms with Crippen molar-refractivity contribution in [3.8, 4) is 5.75 Å². The number of aromatic nitrogens is 2. The molecule has 0 atom stereocenters. The first-order valence-corrected chi connectivity index (χ1v) is 3.28. The van der Waals surface area contributed by atoms with E-state index >= 15 is 0 Å². The minimum absolute atomic E-state index is 0.00250. The van der Waals surface area contributed by atoms with Gasteiger partial charge in [-0.15, -0.1) is 0 Å². The van der Waals surface area contributed by atoms with Gasteiger partial charge in [-0.25, -0.2) is 13.6 Å². The quantitative estimate of drug-likeness (QED) is 0.777. The number of nitrogens with zero attached hydrogens (tertiary/aromatic N) is 2. The summed E-state index contributed by atoms with van der Waals surface area (Å²) in [4.78, 5) is 10.2. The van der Waals surface area contributed by atoms with Crippen molar-refractivity contribution in [2.24, 2.45) is 0 Å². The second kappa shape index (κ2) is 3.83. The molecule has 0 saturated carbocycles. The fourth-order valence-corrected chi connectivity index (χ4v) is 0.645. The van der Waals surface area contributed by atoms with Crippen molar-refractivity contribution in [1.82, 2.24) is 9.78 Å². The summed E-state index contributed by atoms with van der Waals surface area (Å²) in [6, 6.07) is 0. The molecule has 0 aliphatic heterocycles. The van der Waals surface area contributed by atoms with Crippen LogP contribution in [-0.2, 0) is 0 Å². The Morgan fingerprint density at radius 2 is 2.46 bits per heavy atom. The van der Waals surface area contributed by atoms with Crippen molar-refractivity contribution in [3.63, 3.8) is 0 Å². The number of hydrogen-bond acceptors (Lipinski definition) is 3. The number of halogens is 2. The largest absolute Gasteiger partial charge is 0.484 e. The van der Waals surface area contributed by atoms with Crippen LogP contribution in [0.5, 0.6) is 5.75 Å². The molecule has 1 N–H and O–H groups in total. The van der Waals surface area contributed by atoms with Gasteiger partial charge >= 0.3 is 6.09 Å². The Kier molecular flexibility index (Phi) is 2.78. The Bertz CT molecular complexity index is 300. The van der Waals surface area contributed by atoms with E-state index in [2.05, 4.69) is 9.84 Å². The van der Waals surface area contributed by atoms with Gasteiger partial charge in [-0.1, -0.05) is 0 Å². The Morgan fingerprint density at radius 1 is 1.77 bits per heavy atom. The zero-order valence-electron chi connectivity index (χ0n) is 6.35. The summed E-state index contributed by atoms with van der Waals surface area (Å²) in [6.45, 7) is -0.773. The van der Waals surface area contributed by atoms with Crippen molar-refractivity contribution in [2.45, 2.75) is 6.43 Å². The molecule has 0 aliphatic carbocycles. The smallest absolute Gasteiger partial charge is 0.432 e. The monoisotopic (exact) mass is 192 g/mol. The van der Waals surface area contributed by atoms with Crippen molar-refractivity contribution < 1.29 is 23.4 Å². The van der Waals surface area contributed by atoms with Crippen LogP contribution in [-0.4, -0.2) is 34.0 Å². The summed E-state index contributed by atoms with van der Waals surface area (Å²) in [5, 5.41) is 11.7. The standard InChI is InChI=1S/C6H6F2N2O3/c7-5(8)3-13-4-1-9-10(2-4)6(11)12/h1-2,5H,3H2,(H,11,12). The van der Waals surface area contributed by atoms with Crippen LogP contribution in [0.1, 0.15) is 0 Å². The Labute approximate surface area is 71.5 Å². The van der Waals surface area contributed by atoms with E-state index in [0.717, 1.165) is 12.4 Å². The Balaban J connectivity index is 2.54. The molecular weight excluding hydrogens is 186 g/mol. The number of ether oxygens (including phenoxy) is 1. The zero-order valence-corrected chi connectivity index (χ0v) is 6.35. The van der Waals surface area contributed by atoms with E-state index in [9.17, 15) is 13.6 Å². The maximum absolute atomic E-state index is 11.6. The zero-order chi connectivity index (χ0) is 9.84. The van der Waals surface area contributed by atoms with E-state index in [-0.39, 0.29) is 5.75 Å². The van der Waals surface area contributed by atoms with Crippen LogP contribution in [0.25, 0.3) is 0 Å². The van der Waals surface area contributed by atoms with E-state index in [1.807, 2.05) is 0 Å². The van der Waals surface area contributed by atoms with E-state index in [1.54, 1.807) is 0 Å². The molecule has 13 heavy (non-hydrogen) atoms. The topological polar surface area (TPSA) is 64.3 Å². The number of carboxylic acid groups (broad SMARTS) is 1. The predicted octanol–water partition coefficient (Wildman–Crippen LogP) is 1.05. The van der Waals surface area contributed by atoms with Crippen molar-refractivity contribution >= 4 is 6.09 Å². The lowest BCUT2D eigenvalue weighted by molar-refractivity contribution is 0.0819. The highest BCUT2D eigenvalue weighted by Gasteiger charge is 2.07. The third-order valence-corrected chi connectivity index (χ3v) is 1.13. The van der Waals surface area contributed by atoms with Crippen molar-refractivity contribution in [3.05, 3.63) is 12.4 Å². The molecule has 1 aromatic rings. The molecule has 7 heteroatoms. The number of carbonyl (C=O) groups is 1. The van der Waals surface area contributed by atoms with E-state index in [4.69, 9.17) is 5.11 Å². The van der Waals surface area contributed by atoms with Gasteiger partial charge in [-0.05, 0) is 0 Å². The third kappa shape index (κ3) is 2.69. The lowest BCUT2D eigenvalue weighted by Crippen LogP contribution is -2.08. The first kappa shape index (κ1) is 9.43. The van der Waals surface area contributed by atoms with Gasteiger partial charge in [-0.3, -0.25) is 0 Å². The third-order valence-electron chi connectivity index (χ3n) is 1.13. The van der Waals surface area contributed by atoms with Gasteiger partial charge < -0.3 is 9.84 Å². The second-order valence-electron chi connectivity index (χ2n) is 2.11. The fraction of sp³-hybridized carbons (Fsp3) is 0.333. The van der Waals surface area contributed by atoms with Crippen LogP contribution < -0.4 is 4.74 Å². The minimum Gasteiger partial charge on any atom is -0.484 e. The van der Waals surface area contributed by atoms with E-state index in [0.29, 0.717) is 4.68 Å². The number of hydrogen-bond donors (Lipinski definition) is 1. The average molecular weight is 192 g/mol. The Morgan fingerprint density at radius 3 is 2.92 bits per heavy atom. The first-order valence-electron chi connectivity index (χ1n) is 3.28. The molecule has 0 bridgehead atoms. The molecule has 0 radical (unpaired) electrons. The molecule has 0 spiro atoms. The summed E-state index contributed by atoms with van der Waals surface area (Å²) < 4.78 is 28.3. The van der Waals surface area contributed by atoms with Gasteiger partial charge in [0.25, 0.3) is 6.43 Å². The van der Waals surface area contributed by atoms with Crippen molar-refractivity contribution in [1.29, 1.82) is 0 Å². The Hall–Kier alpha value is -1.66. The molecule has 5 nitrogen and oxygen atoms in total. The molecule has 0 unspecified atom stereocenters. The highest BCUT2D eigenvalue weighted by Crippen LogP contribution is 2.08. The van der Waals surface area contributed by atoms with Gasteiger partial charge in [0.2, 0.25) is 0 Å². The summed E-state index contributed by atoms with van der Waals surface area (Å²) >= 11 is 0. The molecule has 0 aliphatic rings. The number of alkyl halides is 2. The average Bonchev–Trinajstić information content (AvgIpc) is 2.48. The van der Waals surface area contributed by atoms with Gasteiger partial charge in [-0.2, -0.15) is 9.78 Å². The summed E-state index contributed by atoms with van der Waals surface area (Å²) in [6.07, 6.45) is -1.83.